The van der Waals surface area contributed by atoms with Crippen molar-refractivity contribution >= 4 is 5.96 Å². The summed E-state index contributed by atoms with van der Waals surface area (Å²) in [5, 5.41) is 7.94. The highest BCUT2D eigenvalue weighted by Crippen LogP contribution is 2.17. The number of likely N-dealkylation sites (tertiary alicyclic amines) is 1. The summed E-state index contributed by atoms with van der Waals surface area (Å²) in [5.74, 6) is 1.01. The van der Waals surface area contributed by atoms with Crippen molar-refractivity contribution < 1.29 is 4.74 Å². The zero-order chi connectivity index (χ0) is 19.2. The van der Waals surface area contributed by atoms with Gasteiger partial charge in [-0.15, -0.1) is 0 Å². The molecule has 0 radical (unpaired) electrons. The van der Waals surface area contributed by atoms with E-state index in [-0.39, 0.29) is 0 Å². The van der Waals surface area contributed by atoms with Crippen LogP contribution in [0.5, 0.6) is 0 Å². The van der Waals surface area contributed by atoms with E-state index in [2.05, 4.69) is 45.5 Å². The number of benzene rings is 1. The largest absolute Gasteiger partial charge is 0.379 e. The number of aliphatic imine (C=N–C) groups is 1. The molecule has 1 aromatic carbocycles. The van der Waals surface area contributed by atoms with E-state index in [0.717, 1.165) is 63.1 Å². The second-order valence-corrected chi connectivity index (χ2v) is 7.34. The maximum atomic E-state index is 5.49. The minimum absolute atomic E-state index is 0.605. The lowest BCUT2D eigenvalue weighted by atomic mass is 10.2. The fourth-order valence-electron chi connectivity index (χ4n) is 3.93. The van der Waals surface area contributed by atoms with E-state index < -0.39 is 0 Å². The predicted molar refractivity (Wildman–Crippen MR) is 111 cm³/mol. The summed E-state index contributed by atoms with van der Waals surface area (Å²) in [4.78, 5) is 9.85. The number of nitrogens with zero attached hydrogens (tertiary/aromatic N) is 5. The van der Waals surface area contributed by atoms with E-state index in [1.54, 1.807) is 0 Å². The quantitative estimate of drug-likeness (QED) is 0.631. The van der Waals surface area contributed by atoms with Crippen molar-refractivity contribution in [2.24, 2.45) is 4.99 Å². The second kappa shape index (κ2) is 9.21. The SMILES string of the molecule is CCNC(=NCc1cnn(-c2ccccc2)c1)N1CCC(N2CCOCC2)C1. The zero-order valence-corrected chi connectivity index (χ0v) is 16.6. The third-order valence-electron chi connectivity index (χ3n) is 5.43. The number of hydrogen-bond donors (Lipinski definition) is 1. The third-order valence-corrected chi connectivity index (χ3v) is 5.43. The van der Waals surface area contributed by atoms with Gasteiger partial charge in [0.15, 0.2) is 5.96 Å². The second-order valence-electron chi connectivity index (χ2n) is 7.34. The molecular weight excluding hydrogens is 352 g/mol. The van der Waals surface area contributed by atoms with Gasteiger partial charge in [-0.2, -0.15) is 5.10 Å². The Morgan fingerprint density at radius 1 is 1.21 bits per heavy atom. The molecule has 1 aromatic heterocycles. The summed E-state index contributed by atoms with van der Waals surface area (Å²) >= 11 is 0. The van der Waals surface area contributed by atoms with Crippen LogP contribution in [0.4, 0.5) is 0 Å². The summed E-state index contributed by atoms with van der Waals surface area (Å²) in [6.07, 6.45) is 5.15. The Morgan fingerprint density at radius 2 is 2.04 bits per heavy atom. The lowest BCUT2D eigenvalue weighted by Crippen LogP contribution is -2.46. The average molecular weight is 383 g/mol. The molecule has 0 spiro atoms. The standard InChI is InChI=1S/C21H30N6O/c1-2-22-21(26-9-8-20(17-26)25-10-12-28-13-11-25)23-14-18-15-24-27(16-18)19-6-4-3-5-7-19/h3-7,15-16,20H,2,8-14,17H2,1H3,(H,22,23). The Morgan fingerprint density at radius 3 is 2.82 bits per heavy atom. The molecule has 1 unspecified atom stereocenters. The number of rotatable bonds is 5. The minimum Gasteiger partial charge on any atom is -0.379 e. The topological polar surface area (TPSA) is 57.9 Å². The number of para-hydroxylation sites is 1. The molecule has 1 N–H and O–H groups in total. The van der Waals surface area contributed by atoms with Crippen molar-refractivity contribution in [2.75, 3.05) is 45.9 Å². The maximum Gasteiger partial charge on any atom is 0.194 e. The summed E-state index contributed by atoms with van der Waals surface area (Å²) in [5.41, 5.74) is 2.18. The van der Waals surface area contributed by atoms with Gasteiger partial charge in [0.2, 0.25) is 0 Å². The van der Waals surface area contributed by atoms with Crippen LogP contribution in [0.2, 0.25) is 0 Å². The monoisotopic (exact) mass is 382 g/mol. The normalized spacial score (nSPS) is 21.2. The zero-order valence-electron chi connectivity index (χ0n) is 16.6. The Labute approximate surface area is 167 Å². The number of aromatic nitrogens is 2. The Kier molecular flexibility index (Phi) is 6.24. The molecule has 1 atom stereocenters. The van der Waals surface area contributed by atoms with Crippen molar-refractivity contribution in [3.8, 4) is 5.69 Å². The molecule has 0 amide bonds. The number of hydrogen-bond acceptors (Lipinski definition) is 4. The maximum absolute atomic E-state index is 5.49. The van der Waals surface area contributed by atoms with Crippen LogP contribution in [0.1, 0.15) is 18.9 Å². The first kappa shape index (κ1) is 19.0. The Bertz CT molecular complexity index is 768. The van der Waals surface area contributed by atoms with Crippen LogP contribution < -0.4 is 5.32 Å². The van der Waals surface area contributed by atoms with Gasteiger partial charge in [0.05, 0.1) is 31.6 Å². The number of nitrogens with one attached hydrogen (secondary N) is 1. The molecule has 150 valence electrons. The van der Waals surface area contributed by atoms with E-state index in [4.69, 9.17) is 9.73 Å². The third kappa shape index (κ3) is 4.54. The molecule has 7 nitrogen and oxygen atoms in total. The van der Waals surface area contributed by atoms with Gasteiger partial charge in [-0.05, 0) is 25.5 Å². The summed E-state index contributed by atoms with van der Waals surface area (Å²) < 4.78 is 7.40. The van der Waals surface area contributed by atoms with Crippen LogP contribution in [0.25, 0.3) is 5.69 Å². The lowest BCUT2D eigenvalue weighted by molar-refractivity contribution is 0.0195. The summed E-state index contributed by atoms with van der Waals surface area (Å²) in [6, 6.07) is 10.8. The number of morpholine rings is 1. The highest BCUT2D eigenvalue weighted by molar-refractivity contribution is 5.80. The van der Waals surface area contributed by atoms with Crippen molar-refractivity contribution in [3.63, 3.8) is 0 Å². The molecule has 7 heteroatoms. The van der Waals surface area contributed by atoms with Crippen LogP contribution in [-0.4, -0.2) is 77.5 Å². The van der Waals surface area contributed by atoms with Gasteiger partial charge in [-0.1, -0.05) is 18.2 Å². The molecule has 2 aliphatic heterocycles. The van der Waals surface area contributed by atoms with Crippen LogP contribution in [-0.2, 0) is 11.3 Å². The van der Waals surface area contributed by atoms with Gasteiger partial charge in [0.1, 0.15) is 0 Å². The van der Waals surface area contributed by atoms with Crippen molar-refractivity contribution in [2.45, 2.75) is 25.9 Å². The van der Waals surface area contributed by atoms with E-state index in [0.29, 0.717) is 12.6 Å². The number of ether oxygens (including phenoxy) is 1. The van der Waals surface area contributed by atoms with E-state index in [9.17, 15) is 0 Å². The molecule has 2 aromatic rings. The van der Waals surface area contributed by atoms with Gasteiger partial charge in [0, 0.05) is 50.5 Å². The molecular formula is C21H30N6O. The molecule has 2 saturated heterocycles. The fourth-order valence-corrected chi connectivity index (χ4v) is 3.93. The van der Waals surface area contributed by atoms with E-state index in [1.165, 1.54) is 6.42 Å². The van der Waals surface area contributed by atoms with Crippen LogP contribution >= 0.6 is 0 Å². The Balaban J connectivity index is 1.39. The number of guanidine groups is 1. The van der Waals surface area contributed by atoms with E-state index >= 15 is 0 Å². The molecule has 3 heterocycles. The molecule has 2 fully saturated rings. The average Bonchev–Trinajstić information content (AvgIpc) is 3.43. The summed E-state index contributed by atoms with van der Waals surface area (Å²) in [7, 11) is 0. The first-order chi connectivity index (χ1) is 13.8. The smallest absolute Gasteiger partial charge is 0.194 e. The summed E-state index contributed by atoms with van der Waals surface area (Å²) in [6.45, 7) is 9.53. The molecule has 2 aliphatic rings. The molecule has 28 heavy (non-hydrogen) atoms. The predicted octanol–water partition coefficient (Wildman–Crippen LogP) is 1.74. The van der Waals surface area contributed by atoms with Gasteiger partial charge < -0.3 is 15.0 Å². The lowest BCUT2D eigenvalue weighted by Gasteiger charge is -2.32. The molecule has 0 saturated carbocycles. The molecule has 0 bridgehead atoms. The highest BCUT2D eigenvalue weighted by atomic mass is 16.5. The van der Waals surface area contributed by atoms with Crippen LogP contribution in [0, 0.1) is 0 Å². The highest BCUT2D eigenvalue weighted by Gasteiger charge is 2.30. The van der Waals surface area contributed by atoms with Gasteiger partial charge in [-0.3, -0.25) is 4.90 Å². The fraction of sp³-hybridized carbons (Fsp3) is 0.524. The molecule has 0 aliphatic carbocycles. The van der Waals surface area contributed by atoms with Crippen LogP contribution in [0.15, 0.2) is 47.7 Å². The molecule has 4 rings (SSSR count). The van der Waals surface area contributed by atoms with Gasteiger partial charge in [0.25, 0.3) is 0 Å². The van der Waals surface area contributed by atoms with Gasteiger partial charge in [-0.25, -0.2) is 9.67 Å². The van der Waals surface area contributed by atoms with Crippen molar-refractivity contribution in [1.82, 2.24) is 24.9 Å². The van der Waals surface area contributed by atoms with E-state index in [1.807, 2.05) is 29.1 Å². The van der Waals surface area contributed by atoms with Gasteiger partial charge >= 0.3 is 0 Å². The Hall–Kier alpha value is -2.38. The first-order valence-corrected chi connectivity index (χ1v) is 10.3. The van der Waals surface area contributed by atoms with Crippen molar-refractivity contribution in [1.29, 1.82) is 0 Å². The van der Waals surface area contributed by atoms with Crippen molar-refractivity contribution in [3.05, 3.63) is 48.3 Å². The minimum atomic E-state index is 0.605. The first-order valence-electron chi connectivity index (χ1n) is 10.3. The van der Waals surface area contributed by atoms with Crippen LogP contribution in [0.3, 0.4) is 0 Å².